The van der Waals surface area contributed by atoms with E-state index in [9.17, 15) is 4.79 Å². The molecule has 4 nitrogen and oxygen atoms in total. The van der Waals surface area contributed by atoms with Crippen LogP contribution in [0.25, 0.3) is 0 Å². The summed E-state index contributed by atoms with van der Waals surface area (Å²) in [6.45, 7) is 5.24. The smallest absolute Gasteiger partial charge is 0.228 e. The third kappa shape index (κ3) is 3.08. The van der Waals surface area contributed by atoms with Crippen molar-refractivity contribution in [3.63, 3.8) is 0 Å². The van der Waals surface area contributed by atoms with Crippen LogP contribution in [0.15, 0.2) is 48.5 Å². The second-order valence-electron chi connectivity index (χ2n) is 6.32. The first kappa shape index (κ1) is 14.3. The van der Waals surface area contributed by atoms with Gasteiger partial charge in [0.2, 0.25) is 5.91 Å². The number of carbonyl (C=O) groups excluding carboxylic acids is 1. The van der Waals surface area contributed by atoms with Crippen LogP contribution in [-0.4, -0.2) is 37.0 Å². The quantitative estimate of drug-likeness (QED) is 0.946. The lowest BCUT2D eigenvalue weighted by molar-refractivity contribution is -0.115. The summed E-state index contributed by atoms with van der Waals surface area (Å²) < 4.78 is 0. The van der Waals surface area contributed by atoms with Crippen LogP contribution in [0.4, 0.5) is 11.4 Å². The van der Waals surface area contributed by atoms with Crippen molar-refractivity contribution in [2.75, 3.05) is 36.4 Å². The number of fused-ring (bicyclic) bond motifs is 1. The summed E-state index contributed by atoms with van der Waals surface area (Å²) in [5.41, 5.74) is 4.71. The molecule has 0 spiro atoms. The highest BCUT2D eigenvalue weighted by molar-refractivity contribution is 5.99. The maximum Gasteiger partial charge on any atom is 0.228 e. The number of hydrogen-bond donors (Lipinski definition) is 1. The van der Waals surface area contributed by atoms with Gasteiger partial charge in [0.05, 0.1) is 6.42 Å². The first-order valence-electron chi connectivity index (χ1n) is 8.22. The van der Waals surface area contributed by atoms with Crippen molar-refractivity contribution in [3.8, 4) is 0 Å². The number of amides is 1. The molecule has 0 aromatic heterocycles. The first-order chi connectivity index (χ1) is 11.3. The number of carbonyl (C=O) groups is 1. The molecule has 1 fully saturated rings. The van der Waals surface area contributed by atoms with Crippen LogP contribution in [-0.2, 0) is 17.8 Å². The van der Waals surface area contributed by atoms with Gasteiger partial charge in [0.25, 0.3) is 0 Å². The number of benzene rings is 2. The Morgan fingerprint density at radius 2 is 1.74 bits per heavy atom. The molecule has 1 saturated heterocycles. The standard InChI is InChI=1S/C19H21N3O/c23-19-13-16-12-17(6-7-18(16)20-19)22-10-8-21(9-11-22)14-15-4-2-1-3-5-15/h1-7,12H,8-11,13-14H2,(H,20,23). The molecule has 23 heavy (non-hydrogen) atoms. The highest BCUT2D eigenvalue weighted by atomic mass is 16.1. The third-order valence-electron chi connectivity index (χ3n) is 4.70. The Morgan fingerprint density at radius 3 is 2.52 bits per heavy atom. The summed E-state index contributed by atoms with van der Waals surface area (Å²) in [6, 6.07) is 17.0. The summed E-state index contributed by atoms with van der Waals surface area (Å²) in [4.78, 5) is 16.4. The van der Waals surface area contributed by atoms with E-state index in [1.165, 1.54) is 11.3 Å². The molecule has 0 atom stereocenters. The molecule has 0 aliphatic carbocycles. The zero-order valence-corrected chi connectivity index (χ0v) is 13.2. The molecule has 2 aliphatic rings. The van der Waals surface area contributed by atoms with Crippen LogP contribution in [0.5, 0.6) is 0 Å². The molecule has 0 radical (unpaired) electrons. The second kappa shape index (κ2) is 6.05. The largest absolute Gasteiger partial charge is 0.369 e. The Hall–Kier alpha value is -2.33. The molecule has 0 saturated carbocycles. The van der Waals surface area contributed by atoms with E-state index in [1.54, 1.807) is 0 Å². The van der Waals surface area contributed by atoms with Gasteiger partial charge >= 0.3 is 0 Å². The van der Waals surface area contributed by atoms with Crippen LogP contribution >= 0.6 is 0 Å². The topological polar surface area (TPSA) is 35.6 Å². The first-order valence-corrected chi connectivity index (χ1v) is 8.22. The Labute approximate surface area is 136 Å². The maximum absolute atomic E-state index is 11.5. The molecule has 2 aliphatic heterocycles. The Balaban J connectivity index is 1.38. The number of piperazine rings is 1. The van der Waals surface area contributed by atoms with Gasteiger partial charge in [-0.1, -0.05) is 30.3 Å². The molecule has 2 aromatic rings. The van der Waals surface area contributed by atoms with Crippen molar-refractivity contribution in [1.82, 2.24) is 4.90 Å². The summed E-state index contributed by atoms with van der Waals surface area (Å²) in [5.74, 6) is 0.102. The van der Waals surface area contributed by atoms with Gasteiger partial charge in [-0.3, -0.25) is 9.69 Å². The van der Waals surface area contributed by atoms with E-state index >= 15 is 0 Å². The molecule has 0 bridgehead atoms. The monoisotopic (exact) mass is 307 g/mol. The van der Waals surface area contributed by atoms with Gasteiger partial charge in [-0.2, -0.15) is 0 Å². The lowest BCUT2D eigenvalue weighted by Crippen LogP contribution is -2.45. The molecular weight excluding hydrogens is 286 g/mol. The van der Waals surface area contributed by atoms with E-state index in [2.05, 4.69) is 57.6 Å². The van der Waals surface area contributed by atoms with Gasteiger partial charge in [0, 0.05) is 44.1 Å². The van der Waals surface area contributed by atoms with Crippen LogP contribution in [0.2, 0.25) is 0 Å². The van der Waals surface area contributed by atoms with Crippen molar-refractivity contribution in [2.24, 2.45) is 0 Å². The van der Waals surface area contributed by atoms with Crippen LogP contribution < -0.4 is 10.2 Å². The van der Waals surface area contributed by atoms with Gasteiger partial charge in [0.1, 0.15) is 0 Å². The number of nitrogens with zero attached hydrogens (tertiary/aromatic N) is 2. The predicted molar refractivity (Wildman–Crippen MR) is 92.7 cm³/mol. The van der Waals surface area contributed by atoms with E-state index in [0.29, 0.717) is 6.42 Å². The van der Waals surface area contributed by atoms with E-state index in [1.807, 2.05) is 6.07 Å². The molecule has 1 amide bonds. The molecule has 118 valence electrons. The van der Waals surface area contributed by atoms with Crippen molar-refractivity contribution in [1.29, 1.82) is 0 Å². The third-order valence-corrected chi connectivity index (χ3v) is 4.70. The average Bonchev–Trinajstić information content (AvgIpc) is 2.95. The minimum atomic E-state index is 0.102. The number of rotatable bonds is 3. The normalized spacial score (nSPS) is 17.9. The summed E-state index contributed by atoms with van der Waals surface area (Å²) in [7, 11) is 0. The lowest BCUT2D eigenvalue weighted by atomic mass is 10.1. The Morgan fingerprint density at radius 1 is 0.957 bits per heavy atom. The molecule has 4 rings (SSSR count). The zero-order valence-electron chi connectivity index (χ0n) is 13.2. The summed E-state index contributed by atoms with van der Waals surface area (Å²) in [5, 5.41) is 2.90. The number of nitrogens with one attached hydrogen (secondary N) is 1. The van der Waals surface area contributed by atoms with Gasteiger partial charge in [-0.25, -0.2) is 0 Å². The highest BCUT2D eigenvalue weighted by Gasteiger charge is 2.21. The molecule has 2 heterocycles. The van der Waals surface area contributed by atoms with Crippen LogP contribution in [0, 0.1) is 0 Å². The average molecular weight is 307 g/mol. The summed E-state index contributed by atoms with van der Waals surface area (Å²) >= 11 is 0. The van der Waals surface area contributed by atoms with E-state index in [-0.39, 0.29) is 5.91 Å². The second-order valence-corrected chi connectivity index (χ2v) is 6.32. The zero-order chi connectivity index (χ0) is 15.6. The molecular formula is C19H21N3O. The molecule has 2 aromatic carbocycles. The molecule has 4 heteroatoms. The summed E-state index contributed by atoms with van der Waals surface area (Å²) in [6.07, 6.45) is 0.511. The fourth-order valence-corrected chi connectivity index (χ4v) is 3.42. The van der Waals surface area contributed by atoms with Crippen LogP contribution in [0.3, 0.4) is 0 Å². The SMILES string of the molecule is O=C1Cc2cc(N3CCN(Cc4ccccc4)CC3)ccc2N1. The van der Waals surface area contributed by atoms with E-state index < -0.39 is 0 Å². The number of anilines is 2. The van der Waals surface area contributed by atoms with E-state index in [4.69, 9.17) is 0 Å². The lowest BCUT2D eigenvalue weighted by Gasteiger charge is -2.36. The van der Waals surface area contributed by atoms with Gasteiger partial charge in [-0.15, -0.1) is 0 Å². The van der Waals surface area contributed by atoms with Crippen molar-refractivity contribution in [2.45, 2.75) is 13.0 Å². The molecule has 0 unspecified atom stereocenters. The van der Waals surface area contributed by atoms with Crippen molar-refractivity contribution in [3.05, 3.63) is 59.7 Å². The van der Waals surface area contributed by atoms with Crippen molar-refractivity contribution >= 4 is 17.3 Å². The molecule has 1 N–H and O–H groups in total. The van der Waals surface area contributed by atoms with Gasteiger partial charge < -0.3 is 10.2 Å². The van der Waals surface area contributed by atoms with Gasteiger partial charge in [-0.05, 0) is 29.3 Å². The Bertz CT molecular complexity index is 706. The van der Waals surface area contributed by atoms with Crippen molar-refractivity contribution < 1.29 is 4.79 Å². The van der Waals surface area contributed by atoms with E-state index in [0.717, 1.165) is 44.0 Å². The highest BCUT2D eigenvalue weighted by Crippen LogP contribution is 2.28. The fourth-order valence-electron chi connectivity index (χ4n) is 3.42. The van der Waals surface area contributed by atoms with Crippen LogP contribution in [0.1, 0.15) is 11.1 Å². The van der Waals surface area contributed by atoms with Gasteiger partial charge in [0.15, 0.2) is 0 Å². The fraction of sp³-hybridized carbons (Fsp3) is 0.316. The minimum absolute atomic E-state index is 0.102. The maximum atomic E-state index is 11.5. The number of hydrogen-bond acceptors (Lipinski definition) is 3. The predicted octanol–water partition coefficient (Wildman–Crippen LogP) is 2.50. The Kier molecular flexibility index (Phi) is 3.75. The minimum Gasteiger partial charge on any atom is -0.369 e.